The molecule has 5 nitrogen and oxygen atoms in total. The zero-order valence-electron chi connectivity index (χ0n) is 13.4. The van der Waals surface area contributed by atoms with E-state index in [0.717, 1.165) is 48.9 Å². The van der Waals surface area contributed by atoms with Crippen molar-refractivity contribution in [3.63, 3.8) is 0 Å². The van der Waals surface area contributed by atoms with Crippen molar-refractivity contribution >= 4 is 11.3 Å². The molecule has 23 heavy (non-hydrogen) atoms. The lowest BCUT2D eigenvalue weighted by molar-refractivity contribution is -0.0233. The highest BCUT2D eigenvalue weighted by molar-refractivity contribution is 7.09. The Kier molecular flexibility index (Phi) is 5.38. The van der Waals surface area contributed by atoms with E-state index in [1.54, 1.807) is 24.6 Å². The summed E-state index contributed by atoms with van der Waals surface area (Å²) in [4.78, 5) is 11.3. The Bertz CT molecular complexity index is 609. The van der Waals surface area contributed by atoms with Gasteiger partial charge in [0.15, 0.2) is 0 Å². The van der Waals surface area contributed by atoms with Gasteiger partial charge in [-0.3, -0.25) is 9.88 Å². The fraction of sp³-hybridized carbons (Fsp3) is 0.529. The van der Waals surface area contributed by atoms with Gasteiger partial charge in [-0.15, -0.1) is 11.3 Å². The molecule has 0 aliphatic carbocycles. The van der Waals surface area contributed by atoms with Gasteiger partial charge < -0.3 is 9.84 Å². The topological polar surface area (TPSA) is 58.5 Å². The molecule has 2 aromatic heterocycles. The van der Waals surface area contributed by atoms with E-state index in [2.05, 4.69) is 20.2 Å². The number of ether oxygens (including phenoxy) is 1. The molecule has 6 heteroatoms. The van der Waals surface area contributed by atoms with Crippen LogP contribution in [0.1, 0.15) is 29.2 Å². The van der Waals surface area contributed by atoms with Crippen LogP contribution in [0.25, 0.3) is 0 Å². The summed E-state index contributed by atoms with van der Waals surface area (Å²) in [5.74, 6) is 0. The van der Waals surface area contributed by atoms with Crippen LogP contribution < -0.4 is 0 Å². The van der Waals surface area contributed by atoms with E-state index in [1.807, 2.05) is 18.2 Å². The number of pyridine rings is 1. The SMILES string of the molecule is COCc1nc(CN2CCC(O)(Cc3ccccn3)CC2)cs1. The van der Waals surface area contributed by atoms with Gasteiger partial charge in [0.2, 0.25) is 0 Å². The predicted molar refractivity (Wildman–Crippen MR) is 90.2 cm³/mol. The number of methoxy groups -OCH3 is 1. The van der Waals surface area contributed by atoms with E-state index in [9.17, 15) is 5.11 Å². The second kappa shape index (κ2) is 7.49. The van der Waals surface area contributed by atoms with Gasteiger partial charge in [0.1, 0.15) is 5.01 Å². The zero-order valence-corrected chi connectivity index (χ0v) is 14.3. The smallest absolute Gasteiger partial charge is 0.119 e. The van der Waals surface area contributed by atoms with Crippen LogP contribution in [0.3, 0.4) is 0 Å². The molecule has 0 radical (unpaired) electrons. The number of aromatic nitrogens is 2. The molecule has 0 bridgehead atoms. The van der Waals surface area contributed by atoms with Crippen molar-refractivity contribution in [2.24, 2.45) is 0 Å². The number of piperidine rings is 1. The van der Waals surface area contributed by atoms with E-state index in [1.165, 1.54) is 0 Å². The molecule has 0 aromatic carbocycles. The minimum atomic E-state index is -0.631. The number of aliphatic hydroxyl groups is 1. The molecular formula is C17H23N3O2S. The summed E-state index contributed by atoms with van der Waals surface area (Å²) in [5.41, 5.74) is 1.43. The standard InChI is InChI=1S/C17H23N3O2S/c1-22-12-16-19-15(13-23-16)11-20-8-5-17(21,6-9-20)10-14-4-2-3-7-18-14/h2-4,7,13,21H,5-6,8-12H2,1H3. The Morgan fingerprint density at radius 1 is 1.30 bits per heavy atom. The third kappa shape index (κ3) is 4.57. The monoisotopic (exact) mass is 333 g/mol. The van der Waals surface area contributed by atoms with Crippen molar-refractivity contribution in [2.75, 3.05) is 20.2 Å². The Labute approximate surface area is 141 Å². The molecule has 0 unspecified atom stereocenters. The Morgan fingerprint density at radius 3 is 2.83 bits per heavy atom. The first-order chi connectivity index (χ1) is 11.2. The molecule has 1 aliphatic rings. The first-order valence-corrected chi connectivity index (χ1v) is 8.82. The molecule has 1 N–H and O–H groups in total. The number of thiazole rings is 1. The van der Waals surface area contributed by atoms with Crippen LogP contribution >= 0.6 is 11.3 Å². The summed E-state index contributed by atoms with van der Waals surface area (Å²) in [7, 11) is 1.69. The maximum Gasteiger partial charge on any atom is 0.119 e. The third-order valence-electron chi connectivity index (χ3n) is 4.28. The summed E-state index contributed by atoms with van der Waals surface area (Å²) >= 11 is 1.64. The molecule has 2 aromatic rings. The summed E-state index contributed by atoms with van der Waals surface area (Å²) < 4.78 is 5.11. The highest BCUT2D eigenvalue weighted by Crippen LogP contribution is 2.26. The van der Waals surface area contributed by atoms with E-state index < -0.39 is 5.60 Å². The van der Waals surface area contributed by atoms with Crippen LogP contribution in [0.4, 0.5) is 0 Å². The maximum atomic E-state index is 10.8. The first-order valence-electron chi connectivity index (χ1n) is 7.94. The first kappa shape index (κ1) is 16.5. The molecule has 3 rings (SSSR count). The van der Waals surface area contributed by atoms with Crippen LogP contribution in [0, 0.1) is 0 Å². The quantitative estimate of drug-likeness (QED) is 0.879. The molecule has 3 heterocycles. The molecule has 0 atom stereocenters. The fourth-order valence-electron chi connectivity index (χ4n) is 2.98. The maximum absolute atomic E-state index is 10.8. The molecule has 0 amide bonds. The van der Waals surface area contributed by atoms with Crippen molar-refractivity contribution in [3.8, 4) is 0 Å². The normalized spacial score (nSPS) is 18.2. The summed E-state index contributed by atoms with van der Waals surface area (Å²) in [5, 5.41) is 13.9. The molecule has 0 spiro atoms. The Hall–Kier alpha value is -1.34. The average molecular weight is 333 g/mol. The van der Waals surface area contributed by atoms with E-state index in [-0.39, 0.29) is 0 Å². The lowest BCUT2D eigenvalue weighted by Gasteiger charge is -2.37. The van der Waals surface area contributed by atoms with Crippen molar-refractivity contribution in [1.82, 2.24) is 14.9 Å². The zero-order chi connectivity index (χ0) is 16.1. The highest BCUT2D eigenvalue weighted by atomic mass is 32.1. The molecule has 124 valence electrons. The number of rotatable bonds is 6. The van der Waals surface area contributed by atoms with Crippen LogP contribution in [0.15, 0.2) is 29.8 Å². The van der Waals surface area contributed by atoms with Gasteiger partial charge in [-0.2, -0.15) is 0 Å². The van der Waals surface area contributed by atoms with Gasteiger partial charge in [-0.25, -0.2) is 4.98 Å². The number of hydrogen-bond donors (Lipinski definition) is 1. The summed E-state index contributed by atoms with van der Waals surface area (Å²) in [6, 6.07) is 5.86. The minimum absolute atomic E-state index is 0.578. The minimum Gasteiger partial charge on any atom is -0.389 e. The largest absolute Gasteiger partial charge is 0.389 e. The van der Waals surface area contributed by atoms with Crippen LogP contribution in [-0.2, 0) is 24.3 Å². The third-order valence-corrected chi connectivity index (χ3v) is 5.15. The second-order valence-electron chi connectivity index (χ2n) is 6.16. The molecule has 1 saturated heterocycles. The van der Waals surface area contributed by atoms with Gasteiger partial charge in [0, 0.05) is 50.4 Å². The van der Waals surface area contributed by atoms with Crippen molar-refractivity contribution in [2.45, 2.75) is 38.0 Å². The van der Waals surface area contributed by atoms with Crippen LogP contribution in [0.2, 0.25) is 0 Å². The highest BCUT2D eigenvalue weighted by Gasteiger charge is 2.32. The Morgan fingerprint density at radius 2 is 2.13 bits per heavy atom. The number of likely N-dealkylation sites (tertiary alicyclic amines) is 1. The van der Waals surface area contributed by atoms with Gasteiger partial charge in [0.25, 0.3) is 0 Å². The average Bonchev–Trinajstić information content (AvgIpc) is 2.98. The Balaban J connectivity index is 1.51. The summed E-state index contributed by atoms with van der Waals surface area (Å²) in [6.07, 6.45) is 3.97. The number of nitrogens with zero attached hydrogens (tertiary/aromatic N) is 3. The predicted octanol–water partition coefficient (Wildman–Crippen LogP) is 2.25. The van der Waals surface area contributed by atoms with Gasteiger partial charge in [0.05, 0.1) is 17.9 Å². The van der Waals surface area contributed by atoms with E-state index in [0.29, 0.717) is 13.0 Å². The van der Waals surface area contributed by atoms with Crippen molar-refractivity contribution < 1.29 is 9.84 Å². The van der Waals surface area contributed by atoms with Crippen molar-refractivity contribution in [1.29, 1.82) is 0 Å². The van der Waals surface area contributed by atoms with Crippen LogP contribution in [-0.4, -0.2) is 45.8 Å². The van der Waals surface area contributed by atoms with Crippen LogP contribution in [0.5, 0.6) is 0 Å². The van der Waals surface area contributed by atoms with Gasteiger partial charge in [-0.1, -0.05) is 6.07 Å². The summed E-state index contributed by atoms with van der Waals surface area (Å²) in [6.45, 7) is 3.20. The second-order valence-corrected chi connectivity index (χ2v) is 7.11. The van der Waals surface area contributed by atoms with Crippen molar-refractivity contribution in [3.05, 3.63) is 46.2 Å². The molecular weight excluding hydrogens is 310 g/mol. The molecule has 1 aliphatic heterocycles. The van der Waals surface area contributed by atoms with Gasteiger partial charge in [-0.05, 0) is 25.0 Å². The fourth-order valence-corrected chi connectivity index (χ4v) is 3.74. The lowest BCUT2D eigenvalue weighted by Crippen LogP contribution is -2.45. The number of hydrogen-bond acceptors (Lipinski definition) is 6. The van der Waals surface area contributed by atoms with E-state index in [4.69, 9.17) is 4.74 Å². The van der Waals surface area contributed by atoms with E-state index >= 15 is 0 Å². The lowest BCUT2D eigenvalue weighted by atomic mass is 9.87. The molecule has 0 saturated carbocycles. The molecule has 1 fully saturated rings. The van der Waals surface area contributed by atoms with Gasteiger partial charge >= 0.3 is 0 Å².